The molecule has 5 nitrogen and oxygen atoms in total. The Hall–Kier alpha value is -0.360. The summed E-state index contributed by atoms with van der Waals surface area (Å²) in [5.41, 5.74) is 0. The maximum absolute atomic E-state index is 11.3. The molecule has 0 spiro atoms. The van der Waals surface area contributed by atoms with Gasteiger partial charge in [0.15, 0.2) is 0 Å². The molecule has 0 aliphatic rings. The largest absolute Gasteiger partial charge is 0.384 e. The predicted octanol–water partition coefficient (Wildman–Crippen LogP) is 0.0429. The van der Waals surface area contributed by atoms with Crippen LogP contribution in [0.4, 0.5) is 0 Å². The number of methoxy groups -OCH3 is 2. The fraction of sp³-hybridized carbons (Fsp3) is 0.900. The van der Waals surface area contributed by atoms with Gasteiger partial charge in [0.25, 0.3) is 0 Å². The molecule has 0 bridgehead atoms. The normalized spacial score (nSPS) is 11.7. The highest BCUT2D eigenvalue weighted by molar-refractivity contribution is 5.85. The third-order valence-electron chi connectivity index (χ3n) is 1.87. The van der Waals surface area contributed by atoms with E-state index in [1.807, 2.05) is 6.92 Å². The number of nitrogens with one attached hydrogen (secondary N) is 2. The van der Waals surface area contributed by atoms with Gasteiger partial charge in [0.05, 0.1) is 19.8 Å². The van der Waals surface area contributed by atoms with Gasteiger partial charge in [-0.15, -0.1) is 12.4 Å². The highest BCUT2D eigenvalue weighted by Gasteiger charge is 2.04. The topological polar surface area (TPSA) is 59.6 Å². The van der Waals surface area contributed by atoms with Crippen molar-refractivity contribution in [1.82, 2.24) is 10.6 Å². The molecule has 1 unspecified atom stereocenters. The fourth-order valence-corrected chi connectivity index (χ4v) is 1.07. The van der Waals surface area contributed by atoms with Gasteiger partial charge in [-0.3, -0.25) is 4.79 Å². The Kier molecular flexibility index (Phi) is 14.3. The van der Waals surface area contributed by atoms with Crippen LogP contribution in [-0.2, 0) is 14.3 Å². The van der Waals surface area contributed by atoms with E-state index in [1.165, 1.54) is 0 Å². The van der Waals surface area contributed by atoms with E-state index in [0.717, 1.165) is 0 Å². The Labute approximate surface area is 104 Å². The third-order valence-corrected chi connectivity index (χ3v) is 1.87. The Bertz CT molecular complexity index is 170. The predicted molar refractivity (Wildman–Crippen MR) is 66.0 cm³/mol. The van der Waals surface area contributed by atoms with Gasteiger partial charge in [-0.25, -0.2) is 0 Å². The van der Waals surface area contributed by atoms with Crippen molar-refractivity contribution in [2.45, 2.75) is 6.92 Å². The zero-order valence-corrected chi connectivity index (χ0v) is 11.1. The van der Waals surface area contributed by atoms with E-state index < -0.39 is 0 Å². The molecule has 0 saturated heterocycles. The summed E-state index contributed by atoms with van der Waals surface area (Å²) in [6.45, 7) is 4.99. The second-order valence-electron chi connectivity index (χ2n) is 3.53. The number of ether oxygens (including phenoxy) is 2. The fourth-order valence-electron chi connectivity index (χ4n) is 1.07. The van der Waals surface area contributed by atoms with Crippen molar-refractivity contribution < 1.29 is 14.3 Å². The SMILES string of the molecule is COCCNCC(=O)NCC(C)COC.Cl. The van der Waals surface area contributed by atoms with Crippen LogP contribution in [0.25, 0.3) is 0 Å². The molecule has 0 aliphatic heterocycles. The van der Waals surface area contributed by atoms with E-state index in [1.54, 1.807) is 14.2 Å². The Balaban J connectivity index is 0. The average molecular weight is 255 g/mol. The van der Waals surface area contributed by atoms with Crippen LogP contribution in [0.2, 0.25) is 0 Å². The van der Waals surface area contributed by atoms with Crippen molar-refractivity contribution in [1.29, 1.82) is 0 Å². The molecule has 0 aromatic heterocycles. The van der Waals surface area contributed by atoms with Crippen LogP contribution in [0.3, 0.4) is 0 Å². The molecule has 16 heavy (non-hydrogen) atoms. The molecule has 0 rings (SSSR count). The molecular formula is C10H23ClN2O3. The van der Waals surface area contributed by atoms with E-state index >= 15 is 0 Å². The average Bonchev–Trinajstić information content (AvgIpc) is 2.22. The quantitative estimate of drug-likeness (QED) is 0.571. The second-order valence-corrected chi connectivity index (χ2v) is 3.53. The van der Waals surface area contributed by atoms with Gasteiger partial charge in [-0.1, -0.05) is 6.92 Å². The molecule has 0 radical (unpaired) electrons. The van der Waals surface area contributed by atoms with Crippen LogP contribution in [-0.4, -0.2) is 53.0 Å². The summed E-state index contributed by atoms with van der Waals surface area (Å²) < 4.78 is 9.81. The highest BCUT2D eigenvalue weighted by atomic mass is 35.5. The summed E-state index contributed by atoms with van der Waals surface area (Å²) in [5.74, 6) is 0.354. The molecule has 0 aromatic carbocycles. The van der Waals surface area contributed by atoms with Crippen molar-refractivity contribution in [3.8, 4) is 0 Å². The van der Waals surface area contributed by atoms with Crippen LogP contribution in [0, 0.1) is 5.92 Å². The first-order valence-corrected chi connectivity index (χ1v) is 5.16. The van der Waals surface area contributed by atoms with E-state index in [9.17, 15) is 4.79 Å². The van der Waals surface area contributed by atoms with Gasteiger partial charge >= 0.3 is 0 Å². The van der Waals surface area contributed by atoms with Crippen LogP contribution >= 0.6 is 12.4 Å². The van der Waals surface area contributed by atoms with E-state index in [2.05, 4.69) is 10.6 Å². The van der Waals surface area contributed by atoms with Crippen molar-refractivity contribution in [2.75, 3.05) is 47.1 Å². The standard InChI is InChI=1S/C10H22N2O3.ClH/c1-9(8-15-3)6-12-10(13)7-11-4-5-14-2;/h9,11H,4-8H2,1-3H3,(H,12,13);1H. The molecular weight excluding hydrogens is 232 g/mol. The van der Waals surface area contributed by atoms with Crippen molar-refractivity contribution in [3.63, 3.8) is 0 Å². The molecule has 0 heterocycles. The number of hydrogen-bond acceptors (Lipinski definition) is 4. The molecule has 0 saturated carbocycles. The lowest BCUT2D eigenvalue weighted by molar-refractivity contribution is -0.120. The van der Waals surface area contributed by atoms with Crippen molar-refractivity contribution in [2.24, 2.45) is 5.92 Å². The minimum atomic E-state index is 0. The number of amides is 1. The summed E-state index contributed by atoms with van der Waals surface area (Å²) in [5, 5.41) is 5.80. The molecule has 6 heteroatoms. The molecule has 1 atom stereocenters. The first kappa shape index (κ1) is 18.0. The van der Waals surface area contributed by atoms with Crippen LogP contribution in [0.15, 0.2) is 0 Å². The molecule has 98 valence electrons. The van der Waals surface area contributed by atoms with Gasteiger partial charge in [0.1, 0.15) is 0 Å². The lowest BCUT2D eigenvalue weighted by atomic mass is 10.2. The van der Waals surface area contributed by atoms with Gasteiger partial charge in [0, 0.05) is 27.3 Å². The summed E-state index contributed by atoms with van der Waals surface area (Å²) in [4.78, 5) is 11.3. The number of rotatable bonds is 9. The zero-order valence-electron chi connectivity index (χ0n) is 10.2. The zero-order chi connectivity index (χ0) is 11.5. The van der Waals surface area contributed by atoms with Gasteiger partial charge in [-0.2, -0.15) is 0 Å². The Morgan fingerprint density at radius 1 is 1.31 bits per heavy atom. The summed E-state index contributed by atoms with van der Waals surface area (Å²) in [7, 11) is 3.29. The van der Waals surface area contributed by atoms with Crippen molar-refractivity contribution in [3.05, 3.63) is 0 Å². The monoisotopic (exact) mass is 254 g/mol. The lowest BCUT2D eigenvalue weighted by Gasteiger charge is -2.11. The lowest BCUT2D eigenvalue weighted by Crippen LogP contribution is -2.37. The second kappa shape index (κ2) is 12.7. The summed E-state index contributed by atoms with van der Waals surface area (Å²) in [6, 6.07) is 0. The van der Waals surface area contributed by atoms with E-state index in [-0.39, 0.29) is 18.3 Å². The number of carbonyl (C=O) groups is 1. The number of hydrogen-bond donors (Lipinski definition) is 2. The van der Waals surface area contributed by atoms with Crippen LogP contribution in [0.5, 0.6) is 0 Å². The Morgan fingerprint density at radius 2 is 2.00 bits per heavy atom. The minimum Gasteiger partial charge on any atom is -0.384 e. The van der Waals surface area contributed by atoms with Gasteiger partial charge in [-0.05, 0) is 5.92 Å². The van der Waals surface area contributed by atoms with Gasteiger partial charge < -0.3 is 20.1 Å². The smallest absolute Gasteiger partial charge is 0.233 e. The first-order valence-electron chi connectivity index (χ1n) is 5.16. The molecule has 0 fully saturated rings. The molecule has 0 aliphatic carbocycles. The number of halogens is 1. The molecule has 0 aromatic rings. The number of carbonyl (C=O) groups excluding carboxylic acids is 1. The van der Waals surface area contributed by atoms with Crippen LogP contribution < -0.4 is 10.6 Å². The molecule has 2 N–H and O–H groups in total. The summed E-state index contributed by atoms with van der Waals surface area (Å²) in [6.07, 6.45) is 0. The Morgan fingerprint density at radius 3 is 2.56 bits per heavy atom. The third kappa shape index (κ3) is 11.7. The molecule has 1 amide bonds. The van der Waals surface area contributed by atoms with Gasteiger partial charge in [0.2, 0.25) is 5.91 Å². The van der Waals surface area contributed by atoms with Crippen LogP contribution in [0.1, 0.15) is 6.92 Å². The van der Waals surface area contributed by atoms with Crippen molar-refractivity contribution >= 4 is 18.3 Å². The first-order chi connectivity index (χ1) is 7.20. The van der Waals surface area contributed by atoms with E-state index in [0.29, 0.717) is 38.8 Å². The highest BCUT2D eigenvalue weighted by Crippen LogP contribution is 1.91. The maximum Gasteiger partial charge on any atom is 0.233 e. The minimum absolute atomic E-state index is 0. The summed E-state index contributed by atoms with van der Waals surface area (Å²) >= 11 is 0. The maximum atomic E-state index is 11.3. The van der Waals surface area contributed by atoms with E-state index in [4.69, 9.17) is 9.47 Å².